The number of para-hydroxylation sites is 1. The van der Waals surface area contributed by atoms with Crippen LogP contribution >= 0.6 is 11.8 Å². The molecular weight excluding hydrogens is 1310 g/mol. The monoisotopic (exact) mass is 1410 g/mol. The molecule has 2 aromatic heterocycles. The van der Waals surface area contributed by atoms with E-state index in [1.807, 2.05) is 20.1 Å². The molecule has 0 saturated carbocycles. The number of thioether (sulfide) groups is 1. The van der Waals surface area contributed by atoms with Gasteiger partial charge in [0.15, 0.2) is 0 Å². The van der Waals surface area contributed by atoms with Gasteiger partial charge >= 0.3 is 17.9 Å². The summed E-state index contributed by atoms with van der Waals surface area (Å²) in [6.07, 6.45) is 5.56. The third kappa shape index (κ3) is 31.0. The summed E-state index contributed by atoms with van der Waals surface area (Å²) in [5.74, 6) is -11.8. The summed E-state index contributed by atoms with van der Waals surface area (Å²) in [6, 6.07) is -1.86. The van der Waals surface area contributed by atoms with Gasteiger partial charge in [0.2, 0.25) is 65.0 Å². The normalized spacial score (nSPS) is 15.8. The average Bonchev–Trinajstić information content (AvgIpc) is 1.71. The molecule has 1 fully saturated rings. The zero-order valence-electron chi connectivity index (χ0n) is 56.9. The Morgan fingerprint density at radius 1 is 0.556 bits per heavy atom. The number of carbonyl (C=O) groups is 14. The Balaban J connectivity index is 1.41. The number of rotatable bonds is 41. The zero-order chi connectivity index (χ0) is 73.3. The quantitative estimate of drug-likeness (QED) is 0.0239. The first-order chi connectivity index (χ1) is 46.9. The molecular formula is C63H98N18O17S. The molecule has 1 aromatic carbocycles. The maximum Gasteiger partial charge on any atom is 0.317 e. The molecule has 0 bridgehead atoms. The van der Waals surface area contributed by atoms with E-state index in [1.165, 1.54) is 31.2 Å². The zero-order valence-corrected chi connectivity index (χ0v) is 57.7. The predicted octanol–water partition coefficient (Wildman–Crippen LogP) is -4.22. The van der Waals surface area contributed by atoms with Crippen LogP contribution in [0.15, 0.2) is 43.0 Å². The summed E-state index contributed by atoms with van der Waals surface area (Å²) in [5, 5.41) is 52.9. The van der Waals surface area contributed by atoms with Gasteiger partial charge in [0.05, 0.1) is 39.1 Å². The molecule has 99 heavy (non-hydrogen) atoms. The van der Waals surface area contributed by atoms with Crippen LogP contribution in [-0.2, 0) is 80.0 Å². The lowest BCUT2D eigenvalue weighted by molar-refractivity contribution is -0.140. The molecule has 11 amide bonds. The van der Waals surface area contributed by atoms with Crippen molar-refractivity contribution in [2.24, 2.45) is 23.3 Å². The van der Waals surface area contributed by atoms with Crippen LogP contribution in [0.1, 0.15) is 84.4 Å². The Bertz CT molecular complexity index is 3190. The first-order valence-electron chi connectivity index (χ1n) is 32.7. The Hall–Kier alpha value is -9.26. The Morgan fingerprint density at radius 3 is 1.62 bits per heavy atom. The number of amides is 11. The van der Waals surface area contributed by atoms with Crippen LogP contribution in [0.25, 0.3) is 10.9 Å². The van der Waals surface area contributed by atoms with Crippen molar-refractivity contribution in [2.45, 2.75) is 128 Å². The summed E-state index contributed by atoms with van der Waals surface area (Å²) in [6.45, 7) is 7.81. The van der Waals surface area contributed by atoms with E-state index in [0.29, 0.717) is 27.9 Å². The number of aromatic amines is 2. The molecule has 0 spiro atoms. The lowest BCUT2D eigenvalue weighted by atomic mass is 10.0. The summed E-state index contributed by atoms with van der Waals surface area (Å²) in [5.41, 5.74) is 12.8. The number of nitrogens with one attached hydrogen (secondary N) is 11. The molecule has 1 aliphatic rings. The molecule has 3 aromatic rings. The highest BCUT2D eigenvalue weighted by molar-refractivity contribution is 7.98. The van der Waals surface area contributed by atoms with Crippen LogP contribution < -0.4 is 59.3 Å². The van der Waals surface area contributed by atoms with Gasteiger partial charge in [0.1, 0.15) is 42.3 Å². The van der Waals surface area contributed by atoms with E-state index in [0.717, 1.165) is 0 Å². The summed E-state index contributed by atoms with van der Waals surface area (Å²) >= 11 is 1.45. The predicted molar refractivity (Wildman–Crippen MR) is 362 cm³/mol. The second-order valence-corrected chi connectivity index (χ2v) is 26.0. The number of carboxylic acid groups (broad SMARTS) is 3. The first kappa shape index (κ1) is 82.2. The SMILES string of the molecule is CSCC[C@H](NC(=O)[C@H](CC(C)C)NC(=O)[C@H](Cc1cnc[nH]1)NC(=O)CNC(=O)[C@@H](NC(=O)[C@H](C)NC(=O)[C@H](Cc1c[nH]c2ccccc12)NC(=O)[C@H](CCC(N)=O)NC(=O)CCCNC(=O)CN1CCN(CC(=O)O)CCN(CC(=O)O)CCN(CC(=O)O)CC1)C(C)C)C(N)=O. The van der Waals surface area contributed by atoms with E-state index in [9.17, 15) is 82.4 Å². The van der Waals surface area contributed by atoms with E-state index in [4.69, 9.17) is 11.5 Å². The van der Waals surface area contributed by atoms with Crippen LogP contribution in [0.2, 0.25) is 0 Å². The van der Waals surface area contributed by atoms with Crippen LogP contribution in [-0.4, -0.2) is 279 Å². The molecule has 0 unspecified atom stereocenters. The lowest BCUT2D eigenvalue weighted by Crippen LogP contribution is -2.59. The van der Waals surface area contributed by atoms with Crippen molar-refractivity contribution in [3.63, 3.8) is 0 Å². The second kappa shape index (κ2) is 42.5. The van der Waals surface area contributed by atoms with Crippen LogP contribution in [0.5, 0.6) is 0 Å². The minimum atomic E-state index is -1.44. The fourth-order valence-electron chi connectivity index (χ4n) is 10.7. The van der Waals surface area contributed by atoms with Gasteiger partial charge in [-0.2, -0.15) is 11.8 Å². The fraction of sp³-hybridized carbons (Fsp3) is 0.603. The minimum Gasteiger partial charge on any atom is -0.480 e. The van der Waals surface area contributed by atoms with E-state index in [2.05, 4.69) is 62.8 Å². The number of H-pyrrole nitrogens is 2. The molecule has 548 valence electrons. The number of aromatic nitrogens is 3. The molecule has 36 heteroatoms. The van der Waals surface area contributed by atoms with Crippen molar-refractivity contribution >= 4 is 106 Å². The van der Waals surface area contributed by atoms with Gasteiger partial charge < -0.3 is 84.6 Å². The van der Waals surface area contributed by atoms with Gasteiger partial charge in [-0.25, -0.2) is 4.98 Å². The van der Waals surface area contributed by atoms with Gasteiger partial charge in [-0.3, -0.25) is 86.7 Å². The van der Waals surface area contributed by atoms with Crippen molar-refractivity contribution in [1.82, 2.24) is 82.4 Å². The van der Waals surface area contributed by atoms with E-state index in [-0.39, 0.29) is 142 Å². The molecule has 3 heterocycles. The maximum absolute atomic E-state index is 14.4. The standard InChI is InChI=1S/C63H98N18O17S/c1-37(2)26-46(61(96)74-44(57(65)92)15-25-99-6)75-62(97)48(28-41-30-66-36-70-41)73-51(84)31-69-63(98)56(38(3)4)77-58(93)39(5)71-60(95)47(27-40-29-68-43-11-8-7-10-42(40)43)76-59(94)45(13-14-49(64)82)72-50(83)12-9-16-67-52(85)32-78-17-19-79(33-53(86)87)21-23-81(35-55(90)91)24-22-80(20-18-78)34-54(88)89/h7-8,10-11,29-30,36-39,44-48,56,68H,9,12-28,31-35H2,1-6H3,(H2,64,82)(H2,65,92)(H,66,70)(H,67,85)(H,69,98)(H,71,95)(H,72,83)(H,73,84)(H,74,96)(H,75,97)(H,76,94)(H,77,93)(H,86,87)(H,88,89)(H,90,91)/t39-,44-,45-,46-,47-,48-,56-/m0/s1. The molecule has 1 aliphatic heterocycles. The second-order valence-electron chi connectivity index (χ2n) is 25.0. The molecule has 1 saturated heterocycles. The number of primary amides is 2. The van der Waals surface area contributed by atoms with Gasteiger partial charge in [-0.1, -0.05) is 45.9 Å². The minimum absolute atomic E-state index is 0.0193. The number of nitrogens with zero attached hydrogens (tertiary/aromatic N) is 5. The number of nitrogens with two attached hydrogens (primary N) is 2. The third-order valence-electron chi connectivity index (χ3n) is 16.0. The number of hydrogen-bond acceptors (Lipinski definition) is 20. The number of carbonyl (C=O) groups excluding carboxylic acids is 11. The van der Waals surface area contributed by atoms with Crippen molar-refractivity contribution in [1.29, 1.82) is 0 Å². The highest BCUT2D eigenvalue weighted by Crippen LogP contribution is 2.20. The Kier molecular flexibility index (Phi) is 35.3. The third-order valence-corrected chi connectivity index (χ3v) is 16.6. The van der Waals surface area contributed by atoms with Crippen LogP contribution in [0, 0.1) is 11.8 Å². The van der Waals surface area contributed by atoms with Gasteiger partial charge in [-0.05, 0) is 68.1 Å². The van der Waals surface area contributed by atoms with Crippen molar-refractivity contribution in [2.75, 3.05) is 104 Å². The number of fused-ring (bicyclic) bond motifs is 1. The summed E-state index contributed by atoms with van der Waals surface area (Å²) in [4.78, 5) is 200. The lowest BCUT2D eigenvalue weighted by Gasteiger charge is -2.32. The largest absolute Gasteiger partial charge is 0.480 e. The van der Waals surface area contributed by atoms with Gasteiger partial charge in [-0.15, -0.1) is 0 Å². The highest BCUT2D eigenvalue weighted by atomic mass is 32.2. The molecule has 18 N–H and O–H groups in total. The number of carboxylic acids is 3. The van der Waals surface area contributed by atoms with Crippen LogP contribution in [0.3, 0.4) is 0 Å². The number of imidazole rings is 1. The fourth-order valence-corrected chi connectivity index (χ4v) is 11.1. The van der Waals surface area contributed by atoms with E-state index in [1.54, 1.807) is 63.9 Å². The Morgan fingerprint density at radius 2 is 1.08 bits per heavy atom. The van der Waals surface area contributed by atoms with E-state index >= 15 is 0 Å². The topological polar surface area (TPSA) is 517 Å². The smallest absolute Gasteiger partial charge is 0.317 e. The average molecular weight is 1410 g/mol. The summed E-state index contributed by atoms with van der Waals surface area (Å²) in [7, 11) is 0. The number of benzene rings is 1. The highest BCUT2D eigenvalue weighted by Gasteiger charge is 2.34. The molecule has 35 nitrogen and oxygen atoms in total. The van der Waals surface area contributed by atoms with Crippen LogP contribution in [0.4, 0.5) is 0 Å². The van der Waals surface area contributed by atoms with Gasteiger partial charge in [0, 0.05) is 114 Å². The van der Waals surface area contributed by atoms with Crippen molar-refractivity contribution in [3.8, 4) is 0 Å². The number of aliphatic carboxylic acids is 3. The number of hydrogen-bond donors (Lipinski definition) is 16. The van der Waals surface area contributed by atoms with Crippen molar-refractivity contribution < 1.29 is 82.4 Å². The van der Waals surface area contributed by atoms with Crippen molar-refractivity contribution in [3.05, 3.63) is 54.2 Å². The molecule has 0 aliphatic carbocycles. The molecule has 7 atom stereocenters. The molecule has 0 radical (unpaired) electrons. The molecule has 4 rings (SSSR count). The van der Waals surface area contributed by atoms with Gasteiger partial charge in [0.25, 0.3) is 0 Å². The summed E-state index contributed by atoms with van der Waals surface area (Å²) < 4.78 is 0. The Labute approximate surface area is 577 Å². The van der Waals surface area contributed by atoms with E-state index < -0.39 is 138 Å². The maximum atomic E-state index is 14.4. The first-order valence-corrected chi connectivity index (χ1v) is 34.1.